The van der Waals surface area contributed by atoms with Crippen LogP contribution in [0.15, 0.2) is 53.1 Å². The van der Waals surface area contributed by atoms with E-state index in [0.717, 1.165) is 6.42 Å². The van der Waals surface area contributed by atoms with Crippen LogP contribution in [0, 0.1) is 0 Å². The number of nitrogens with zero attached hydrogens (tertiary/aromatic N) is 2. The molecular weight excluding hydrogens is 401 g/mol. The van der Waals surface area contributed by atoms with E-state index in [1.54, 1.807) is 36.4 Å². The van der Waals surface area contributed by atoms with Gasteiger partial charge in [-0.25, -0.2) is 9.97 Å². The Morgan fingerprint density at radius 3 is 2.57 bits per heavy atom. The van der Waals surface area contributed by atoms with E-state index in [2.05, 4.69) is 20.6 Å². The fraction of sp³-hybridized carbons (Fsp3) is 0.250. The van der Waals surface area contributed by atoms with E-state index in [4.69, 9.17) is 9.15 Å². The lowest BCUT2D eigenvalue weighted by Gasteiger charge is -2.11. The van der Waals surface area contributed by atoms with Crippen molar-refractivity contribution in [2.24, 2.45) is 0 Å². The van der Waals surface area contributed by atoms with Gasteiger partial charge in [0.15, 0.2) is 5.69 Å². The third kappa shape index (κ3) is 4.43. The summed E-state index contributed by atoms with van der Waals surface area (Å²) < 4.78 is 50.3. The van der Waals surface area contributed by atoms with Gasteiger partial charge in [0.25, 0.3) is 5.91 Å². The average molecular weight is 418 g/mol. The summed E-state index contributed by atoms with van der Waals surface area (Å²) in [7, 11) is 0. The van der Waals surface area contributed by atoms with Crippen molar-refractivity contribution in [2.45, 2.75) is 18.6 Å². The molecule has 1 unspecified atom stereocenters. The van der Waals surface area contributed by atoms with Crippen LogP contribution in [-0.4, -0.2) is 35.1 Å². The van der Waals surface area contributed by atoms with E-state index in [0.29, 0.717) is 24.6 Å². The lowest BCUT2D eigenvalue weighted by Crippen LogP contribution is -2.20. The Morgan fingerprint density at radius 1 is 1.13 bits per heavy atom. The van der Waals surface area contributed by atoms with Crippen LogP contribution in [0.25, 0.3) is 11.5 Å². The molecule has 3 heterocycles. The van der Waals surface area contributed by atoms with Crippen LogP contribution in [-0.2, 0) is 10.9 Å². The summed E-state index contributed by atoms with van der Waals surface area (Å²) in [5, 5.41) is 5.56. The van der Waals surface area contributed by atoms with Gasteiger partial charge in [-0.15, -0.1) is 0 Å². The number of pyridine rings is 1. The molecule has 1 saturated heterocycles. The van der Waals surface area contributed by atoms with Gasteiger partial charge in [-0.2, -0.15) is 13.2 Å². The van der Waals surface area contributed by atoms with Crippen LogP contribution >= 0.6 is 0 Å². The van der Waals surface area contributed by atoms with Crippen LogP contribution in [0.1, 0.15) is 22.7 Å². The Balaban J connectivity index is 1.53. The quantitative estimate of drug-likeness (QED) is 0.645. The first kappa shape index (κ1) is 19.9. The van der Waals surface area contributed by atoms with Crippen molar-refractivity contribution in [3.05, 3.63) is 60.1 Å². The van der Waals surface area contributed by atoms with Crippen molar-refractivity contribution in [1.82, 2.24) is 9.97 Å². The van der Waals surface area contributed by atoms with Crippen LogP contribution in [0.3, 0.4) is 0 Å². The van der Waals surface area contributed by atoms with E-state index >= 15 is 0 Å². The summed E-state index contributed by atoms with van der Waals surface area (Å²) in [5.74, 6) is -2.21. The zero-order chi connectivity index (χ0) is 21.1. The molecule has 156 valence electrons. The summed E-state index contributed by atoms with van der Waals surface area (Å²) in [6, 6.07) is 11.4. The molecule has 0 bridgehead atoms. The fourth-order valence-corrected chi connectivity index (χ4v) is 2.97. The van der Waals surface area contributed by atoms with E-state index in [1.165, 1.54) is 12.3 Å². The summed E-state index contributed by atoms with van der Waals surface area (Å²) in [6.45, 7) is 1.26. The maximum absolute atomic E-state index is 13.4. The van der Waals surface area contributed by atoms with E-state index in [1.807, 2.05) is 0 Å². The number of alkyl halides is 3. The zero-order valence-electron chi connectivity index (χ0n) is 15.6. The summed E-state index contributed by atoms with van der Waals surface area (Å²) >= 11 is 0. The molecule has 0 saturated carbocycles. The van der Waals surface area contributed by atoms with Crippen molar-refractivity contribution in [2.75, 3.05) is 23.8 Å². The Hall–Kier alpha value is -3.40. The molecule has 1 atom stereocenters. The molecule has 4 rings (SSSR count). The van der Waals surface area contributed by atoms with E-state index in [9.17, 15) is 18.0 Å². The van der Waals surface area contributed by atoms with Gasteiger partial charge in [-0.05, 0) is 30.7 Å². The number of ether oxygens (including phenoxy) is 1. The lowest BCUT2D eigenvalue weighted by atomic mass is 10.2. The molecule has 3 aromatic rings. The van der Waals surface area contributed by atoms with E-state index < -0.39 is 23.5 Å². The minimum atomic E-state index is -4.87. The minimum absolute atomic E-state index is 0.152. The number of amides is 1. The molecule has 2 N–H and O–H groups in total. The molecule has 0 aliphatic carbocycles. The Bertz CT molecular complexity index is 1010. The van der Waals surface area contributed by atoms with Crippen LogP contribution < -0.4 is 10.6 Å². The van der Waals surface area contributed by atoms with Crippen molar-refractivity contribution in [1.29, 1.82) is 0 Å². The van der Waals surface area contributed by atoms with Gasteiger partial charge < -0.3 is 19.8 Å². The Labute approximate surface area is 169 Å². The zero-order valence-corrected chi connectivity index (χ0v) is 15.6. The lowest BCUT2D eigenvalue weighted by molar-refractivity contribution is -0.153. The predicted octanol–water partition coefficient (Wildman–Crippen LogP) is 4.21. The highest BCUT2D eigenvalue weighted by Gasteiger charge is 2.42. The molecule has 2 aromatic heterocycles. The Kier molecular flexibility index (Phi) is 5.40. The largest absolute Gasteiger partial charge is 0.452 e. The maximum atomic E-state index is 13.4. The molecule has 30 heavy (non-hydrogen) atoms. The monoisotopic (exact) mass is 418 g/mol. The van der Waals surface area contributed by atoms with Crippen molar-refractivity contribution in [3.63, 3.8) is 0 Å². The highest BCUT2D eigenvalue weighted by Crippen LogP contribution is 2.35. The fourth-order valence-electron chi connectivity index (χ4n) is 2.97. The van der Waals surface area contributed by atoms with Gasteiger partial charge in [-0.1, -0.05) is 18.2 Å². The molecule has 1 aliphatic rings. The number of aromatic nitrogens is 2. The van der Waals surface area contributed by atoms with Gasteiger partial charge in [0.1, 0.15) is 5.82 Å². The molecule has 1 aromatic carbocycles. The van der Waals surface area contributed by atoms with Gasteiger partial charge in [-0.3, -0.25) is 4.79 Å². The smallest absolute Gasteiger partial charge is 0.431 e. The third-order valence-electron chi connectivity index (χ3n) is 4.42. The number of rotatable bonds is 5. The molecule has 0 spiro atoms. The number of carbonyl (C=O) groups excluding carboxylic acids is 1. The first-order chi connectivity index (χ1) is 14.4. The number of hydrogen-bond acceptors (Lipinski definition) is 6. The van der Waals surface area contributed by atoms with Gasteiger partial charge in [0.2, 0.25) is 11.7 Å². The topological polar surface area (TPSA) is 89.3 Å². The maximum Gasteiger partial charge on any atom is 0.452 e. The van der Waals surface area contributed by atoms with Crippen molar-refractivity contribution < 1.29 is 27.1 Å². The third-order valence-corrected chi connectivity index (χ3v) is 4.42. The second-order valence-electron chi connectivity index (χ2n) is 6.65. The molecule has 1 amide bonds. The average Bonchev–Trinajstić information content (AvgIpc) is 3.40. The second kappa shape index (κ2) is 8.15. The van der Waals surface area contributed by atoms with Gasteiger partial charge >= 0.3 is 6.18 Å². The highest BCUT2D eigenvalue weighted by atomic mass is 19.4. The number of anilines is 2. The van der Waals surface area contributed by atoms with Crippen LogP contribution in [0.5, 0.6) is 0 Å². The molecule has 1 aliphatic heterocycles. The number of carbonyl (C=O) groups is 1. The molecule has 7 nitrogen and oxygen atoms in total. The minimum Gasteiger partial charge on any atom is -0.431 e. The Morgan fingerprint density at radius 2 is 1.93 bits per heavy atom. The summed E-state index contributed by atoms with van der Waals surface area (Å²) in [5.41, 5.74) is -0.285. The highest BCUT2D eigenvalue weighted by molar-refractivity contribution is 6.04. The normalized spacial score (nSPS) is 16.4. The first-order valence-corrected chi connectivity index (χ1v) is 9.15. The molecule has 10 heteroatoms. The first-order valence-electron chi connectivity index (χ1n) is 9.15. The second-order valence-corrected chi connectivity index (χ2v) is 6.65. The standard InChI is InChI=1S/C20H17F3N4O3/c21-20(22,23)17-16(27-19(30-17)12-4-2-1-3-5-12)18(28)26-13-6-7-15(24-10-13)25-14-8-9-29-11-14/h1-7,10,14H,8-9,11H2,(H,24,25)(H,26,28). The number of halogens is 3. The summed E-state index contributed by atoms with van der Waals surface area (Å²) in [6.07, 6.45) is -2.67. The summed E-state index contributed by atoms with van der Waals surface area (Å²) in [4.78, 5) is 20.4. The number of oxazole rings is 1. The van der Waals surface area contributed by atoms with Gasteiger partial charge in [0, 0.05) is 12.2 Å². The number of hydrogen-bond donors (Lipinski definition) is 2. The number of nitrogens with one attached hydrogen (secondary N) is 2. The van der Waals surface area contributed by atoms with E-state index in [-0.39, 0.29) is 17.6 Å². The van der Waals surface area contributed by atoms with Crippen LogP contribution in [0.2, 0.25) is 0 Å². The van der Waals surface area contributed by atoms with Crippen molar-refractivity contribution >= 4 is 17.4 Å². The van der Waals surface area contributed by atoms with Crippen molar-refractivity contribution in [3.8, 4) is 11.5 Å². The van der Waals surface area contributed by atoms with Crippen LogP contribution in [0.4, 0.5) is 24.7 Å². The molecular formula is C20H17F3N4O3. The SMILES string of the molecule is O=C(Nc1ccc(NC2CCOC2)nc1)c1nc(-c2ccccc2)oc1C(F)(F)F. The molecule has 1 fully saturated rings. The number of benzene rings is 1. The van der Waals surface area contributed by atoms with Gasteiger partial charge in [0.05, 0.1) is 24.5 Å². The molecule has 0 radical (unpaired) electrons. The predicted molar refractivity (Wildman–Crippen MR) is 102 cm³/mol.